The molecule has 0 aliphatic heterocycles. The molecule has 2 aromatic carbocycles. The first kappa shape index (κ1) is 18.7. The zero-order chi connectivity index (χ0) is 18.2. The maximum atomic E-state index is 12.4. The van der Waals surface area contributed by atoms with Crippen molar-refractivity contribution in [3.05, 3.63) is 64.7 Å². The van der Waals surface area contributed by atoms with Gasteiger partial charge in [0.05, 0.1) is 13.0 Å². The number of aryl methyl sites for hydroxylation is 2. The summed E-state index contributed by atoms with van der Waals surface area (Å²) in [6.45, 7) is 4.92. The molecule has 0 fully saturated rings. The molecule has 0 aromatic heterocycles. The van der Waals surface area contributed by atoms with E-state index in [0.717, 1.165) is 16.7 Å². The number of anilines is 1. The molecular formula is C20H24N2O3. The van der Waals surface area contributed by atoms with E-state index in [1.807, 2.05) is 44.2 Å². The van der Waals surface area contributed by atoms with Crippen molar-refractivity contribution >= 4 is 17.5 Å². The number of methoxy groups -OCH3 is 1. The van der Waals surface area contributed by atoms with E-state index in [2.05, 4.69) is 10.6 Å². The van der Waals surface area contributed by atoms with E-state index in [1.165, 1.54) is 0 Å². The first-order valence-corrected chi connectivity index (χ1v) is 8.23. The normalized spacial score (nSPS) is 10.4. The summed E-state index contributed by atoms with van der Waals surface area (Å²) >= 11 is 0. The number of hydrogen-bond acceptors (Lipinski definition) is 3. The number of benzene rings is 2. The summed E-state index contributed by atoms with van der Waals surface area (Å²) in [5.74, 6) is -0.188. The van der Waals surface area contributed by atoms with E-state index in [0.29, 0.717) is 30.8 Å². The lowest BCUT2D eigenvalue weighted by Crippen LogP contribution is -2.28. The Hall–Kier alpha value is -2.66. The second kappa shape index (κ2) is 8.99. The van der Waals surface area contributed by atoms with Crippen LogP contribution in [0.25, 0.3) is 0 Å². The lowest BCUT2D eigenvalue weighted by atomic mass is 10.0. The Labute approximate surface area is 148 Å². The van der Waals surface area contributed by atoms with Crippen LogP contribution in [0.15, 0.2) is 42.5 Å². The van der Waals surface area contributed by atoms with Crippen molar-refractivity contribution in [2.75, 3.05) is 25.6 Å². The van der Waals surface area contributed by atoms with Gasteiger partial charge in [0.25, 0.3) is 5.91 Å². The molecule has 2 amide bonds. The molecule has 2 rings (SSSR count). The van der Waals surface area contributed by atoms with Crippen LogP contribution in [0.2, 0.25) is 0 Å². The van der Waals surface area contributed by atoms with Crippen molar-refractivity contribution in [3.63, 3.8) is 0 Å². The summed E-state index contributed by atoms with van der Waals surface area (Å²) < 4.78 is 4.89. The third-order valence-corrected chi connectivity index (χ3v) is 3.83. The molecule has 2 aromatic rings. The summed E-state index contributed by atoms with van der Waals surface area (Å²) in [7, 11) is 1.59. The molecule has 0 aliphatic carbocycles. The highest BCUT2D eigenvalue weighted by Crippen LogP contribution is 2.15. The Balaban J connectivity index is 1.93. The van der Waals surface area contributed by atoms with Gasteiger partial charge in [-0.15, -0.1) is 0 Å². The van der Waals surface area contributed by atoms with Crippen LogP contribution in [0.5, 0.6) is 0 Å². The molecule has 0 atom stereocenters. The number of ether oxygens (including phenoxy) is 1. The maximum Gasteiger partial charge on any atom is 0.255 e. The SMILES string of the molecule is COCCNC(=O)Cc1ccc(NC(=O)c2ccc(C)cc2C)cc1. The van der Waals surface area contributed by atoms with E-state index < -0.39 is 0 Å². The highest BCUT2D eigenvalue weighted by Gasteiger charge is 2.09. The van der Waals surface area contributed by atoms with Gasteiger partial charge >= 0.3 is 0 Å². The Morgan fingerprint density at radius 1 is 1.04 bits per heavy atom. The molecule has 132 valence electrons. The van der Waals surface area contributed by atoms with E-state index in [9.17, 15) is 9.59 Å². The molecular weight excluding hydrogens is 316 g/mol. The van der Waals surface area contributed by atoms with E-state index in [4.69, 9.17) is 4.74 Å². The van der Waals surface area contributed by atoms with Gasteiger partial charge in [-0.1, -0.05) is 29.8 Å². The molecule has 0 bridgehead atoms. The van der Waals surface area contributed by atoms with Crippen molar-refractivity contribution in [1.82, 2.24) is 5.32 Å². The quantitative estimate of drug-likeness (QED) is 0.762. The first-order chi connectivity index (χ1) is 12.0. The second-order valence-electron chi connectivity index (χ2n) is 5.99. The Morgan fingerprint density at radius 2 is 1.76 bits per heavy atom. The van der Waals surface area contributed by atoms with Gasteiger partial charge in [-0.05, 0) is 43.2 Å². The van der Waals surface area contributed by atoms with Gasteiger partial charge in [0, 0.05) is 24.9 Å². The molecule has 0 unspecified atom stereocenters. The number of rotatable bonds is 7. The van der Waals surface area contributed by atoms with Crippen molar-refractivity contribution in [2.45, 2.75) is 20.3 Å². The minimum Gasteiger partial charge on any atom is -0.383 e. The highest BCUT2D eigenvalue weighted by molar-refractivity contribution is 6.05. The number of amides is 2. The van der Waals surface area contributed by atoms with Crippen LogP contribution >= 0.6 is 0 Å². The van der Waals surface area contributed by atoms with Crippen LogP contribution in [0.3, 0.4) is 0 Å². The van der Waals surface area contributed by atoms with E-state index >= 15 is 0 Å². The van der Waals surface area contributed by atoms with E-state index in [-0.39, 0.29) is 11.8 Å². The molecule has 0 saturated heterocycles. The molecule has 2 N–H and O–H groups in total. The largest absolute Gasteiger partial charge is 0.383 e. The molecule has 5 heteroatoms. The predicted octanol–water partition coefficient (Wildman–Crippen LogP) is 2.86. The topological polar surface area (TPSA) is 67.4 Å². The van der Waals surface area contributed by atoms with Gasteiger partial charge in [-0.3, -0.25) is 9.59 Å². The summed E-state index contributed by atoms with van der Waals surface area (Å²) in [6.07, 6.45) is 0.301. The fraction of sp³-hybridized carbons (Fsp3) is 0.300. The molecule has 0 radical (unpaired) electrons. The maximum absolute atomic E-state index is 12.4. The van der Waals surface area contributed by atoms with E-state index in [1.54, 1.807) is 19.2 Å². The number of carbonyl (C=O) groups excluding carboxylic acids is 2. The monoisotopic (exact) mass is 340 g/mol. The molecule has 0 saturated carbocycles. The van der Waals surface area contributed by atoms with Gasteiger partial charge < -0.3 is 15.4 Å². The number of carbonyl (C=O) groups is 2. The second-order valence-corrected chi connectivity index (χ2v) is 5.99. The van der Waals surface area contributed by atoms with Gasteiger partial charge in [0.1, 0.15) is 0 Å². The third-order valence-electron chi connectivity index (χ3n) is 3.83. The molecule has 5 nitrogen and oxygen atoms in total. The van der Waals surface area contributed by atoms with Crippen molar-refractivity contribution in [2.24, 2.45) is 0 Å². The Bertz CT molecular complexity index is 739. The third kappa shape index (κ3) is 5.72. The smallest absolute Gasteiger partial charge is 0.255 e. The number of nitrogens with one attached hydrogen (secondary N) is 2. The van der Waals surface area contributed by atoms with Gasteiger partial charge in [0.2, 0.25) is 5.91 Å². The molecule has 25 heavy (non-hydrogen) atoms. The fourth-order valence-electron chi connectivity index (χ4n) is 2.51. The first-order valence-electron chi connectivity index (χ1n) is 8.23. The molecule has 0 heterocycles. The van der Waals surface area contributed by atoms with Crippen LogP contribution in [0.1, 0.15) is 27.0 Å². The van der Waals surface area contributed by atoms with Crippen LogP contribution in [0.4, 0.5) is 5.69 Å². The van der Waals surface area contributed by atoms with Crippen LogP contribution < -0.4 is 10.6 Å². The minimum absolute atomic E-state index is 0.0517. The summed E-state index contributed by atoms with van der Waals surface area (Å²) in [5, 5.41) is 5.66. The van der Waals surface area contributed by atoms with Gasteiger partial charge in [0.15, 0.2) is 0 Å². The van der Waals surface area contributed by atoms with Gasteiger partial charge in [-0.25, -0.2) is 0 Å². The Kier molecular flexibility index (Phi) is 6.71. The molecule has 0 aliphatic rings. The van der Waals surface area contributed by atoms with Crippen LogP contribution in [0, 0.1) is 13.8 Å². The Morgan fingerprint density at radius 3 is 2.40 bits per heavy atom. The highest BCUT2D eigenvalue weighted by atomic mass is 16.5. The van der Waals surface area contributed by atoms with Crippen molar-refractivity contribution in [3.8, 4) is 0 Å². The zero-order valence-electron chi connectivity index (χ0n) is 14.9. The molecule has 0 spiro atoms. The standard InChI is InChI=1S/C20H24N2O3/c1-14-4-9-18(15(2)12-14)20(24)22-17-7-5-16(6-8-17)13-19(23)21-10-11-25-3/h4-9,12H,10-11,13H2,1-3H3,(H,21,23)(H,22,24). The van der Waals surface area contributed by atoms with Crippen molar-refractivity contribution in [1.29, 1.82) is 0 Å². The predicted molar refractivity (Wildman–Crippen MR) is 98.9 cm³/mol. The lowest BCUT2D eigenvalue weighted by Gasteiger charge is -2.09. The van der Waals surface area contributed by atoms with Crippen LogP contribution in [-0.4, -0.2) is 32.1 Å². The minimum atomic E-state index is -0.137. The fourth-order valence-corrected chi connectivity index (χ4v) is 2.51. The summed E-state index contributed by atoms with van der Waals surface area (Å²) in [5.41, 5.74) is 4.32. The van der Waals surface area contributed by atoms with Crippen molar-refractivity contribution < 1.29 is 14.3 Å². The average Bonchev–Trinajstić information content (AvgIpc) is 2.56. The zero-order valence-corrected chi connectivity index (χ0v) is 14.9. The van der Waals surface area contributed by atoms with Crippen LogP contribution in [-0.2, 0) is 16.0 Å². The van der Waals surface area contributed by atoms with Gasteiger partial charge in [-0.2, -0.15) is 0 Å². The number of hydrogen-bond donors (Lipinski definition) is 2. The lowest BCUT2D eigenvalue weighted by molar-refractivity contribution is -0.120. The average molecular weight is 340 g/mol. The summed E-state index contributed by atoms with van der Waals surface area (Å²) in [4.78, 5) is 24.1. The summed E-state index contributed by atoms with van der Waals surface area (Å²) in [6, 6.07) is 13.0.